The normalized spacial score (nSPS) is 12.6. The van der Waals surface area contributed by atoms with Crippen molar-refractivity contribution >= 4 is 5.91 Å². The zero-order chi connectivity index (χ0) is 18.5. The third-order valence-electron chi connectivity index (χ3n) is 4.72. The predicted molar refractivity (Wildman–Crippen MR) is 102 cm³/mol. The molecule has 27 heavy (non-hydrogen) atoms. The van der Waals surface area contributed by atoms with Crippen LogP contribution in [-0.2, 0) is 26.0 Å². The number of carbonyl (C=O) groups excluding carboxylic acids is 1. The van der Waals surface area contributed by atoms with E-state index in [0.29, 0.717) is 25.1 Å². The van der Waals surface area contributed by atoms with Gasteiger partial charge < -0.3 is 14.6 Å². The van der Waals surface area contributed by atoms with E-state index in [1.54, 1.807) is 0 Å². The first-order valence-electron chi connectivity index (χ1n) is 9.26. The third-order valence-corrected chi connectivity index (χ3v) is 4.72. The molecule has 0 bridgehead atoms. The highest BCUT2D eigenvalue weighted by molar-refractivity contribution is 5.95. The van der Waals surface area contributed by atoms with Crippen molar-refractivity contribution in [1.29, 1.82) is 0 Å². The minimum absolute atomic E-state index is 0.0941. The maximum Gasteiger partial charge on any atom is 0.251 e. The average molecular weight is 362 g/mol. The zero-order valence-corrected chi connectivity index (χ0v) is 15.1. The molecule has 1 aliphatic heterocycles. The lowest BCUT2D eigenvalue weighted by atomic mass is 10.1. The second-order valence-electron chi connectivity index (χ2n) is 6.55. The summed E-state index contributed by atoms with van der Waals surface area (Å²) in [6.45, 7) is 1.86. The molecule has 1 aliphatic rings. The number of carbonyl (C=O) groups is 1. The van der Waals surface area contributed by atoms with Crippen molar-refractivity contribution < 1.29 is 9.53 Å². The molecule has 4 rings (SSSR count). The van der Waals surface area contributed by atoms with Crippen LogP contribution in [0, 0.1) is 0 Å². The third kappa shape index (κ3) is 4.00. The molecule has 2 aromatic carbocycles. The number of benzene rings is 2. The molecule has 0 fully saturated rings. The quantitative estimate of drug-likeness (QED) is 0.702. The van der Waals surface area contributed by atoms with Crippen molar-refractivity contribution in [3.63, 3.8) is 0 Å². The summed E-state index contributed by atoms with van der Waals surface area (Å²) >= 11 is 0. The number of nitrogens with one attached hydrogen (secondary N) is 1. The van der Waals surface area contributed by atoms with Gasteiger partial charge in [0, 0.05) is 37.1 Å². The maximum atomic E-state index is 12.6. The molecular weight excluding hydrogens is 340 g/mol. The molecule has 6 heteroatoms. The molecule has 1 aromatic heterocycles. The lowest BCUT2D eigenvalue weighted by Crippen LogP contribution is -2.27. The second kappa shape index (κ2) is 8.03. The molecule has 0 radical (unpaired) electrons. The van der Waals surface area contributed by atoms with Gasteiger partial charge >= 0.3 is 0 Å². The molecule has 2 heterocycles. The van der Waals surface area contributed by atoms with Crippen molar-refractivity contribution in [2.24, 2.45) is 0 Å². The Morgan fingerprint density at radius 1 is 1.07 bits per heavy atom. The summed E-state index contributed by atoms with van der Waals surface area (Å²) in [6, 6.07) is 17.1. The largest absolute Gasteiger partial charge is 0.489 e. The van der Waals surface area contributed by atoms with E-state index in [1.165, 1.54) is 0 Å². The van der Waals surface area contributed by atoms with E-state index in [9.17, 15) is 4.79 Å². The van der Waals surface area contributed by atoms with Gasteiger partial charge in [0.25, 0.3) is 5.91 Å². The number of aromatic nitrogens is 3. The number of hydrogen-bond donors (Lipinski definition) is 1. The van der Waals surface area contributed by atoms with Crippen LogP contribution in [0.4, 0.5) is 0 Å². The van der Waals surface area contributed by atoms with Gasteiger partial charge in [-0.25, -0.2) is 0 Å². The first kappa shape index (κ1) is 17.3. The minimum Gasteiger partial charge on any atom is -0.489 e. The Balaban J connectivity index is 1.35. The smallest absolute Gasteiger partial charge is 0.251 e. The van der Waals surface area contributed by atoms with E-state index >= 15 is 0 Å². The topological polar surface area (TPSA) is 69.0 Å². The number of fused-ring (bicyclic) bond motifs is 1. The molecule has 0 unspecified atom stereocenters. The van der Waals surface area contributed by atoms with E-state index in [-0.39, 0.29) is 5.91 Å². The molecule has 1 amide bonds. The van der Waals surface area contributed by atoms with Crippen LogP contribution in [0.5, 0.6) is 5.75 Å². The number of nitrogens with zero attached hydrogens (tertiary/aromatic N) is 3. The number of rotatable bonds is 7. The standard InChI is InChI=1S/C21H22N4O2/c26-21(22-13-12-20-24-23-19-11-6-14-25(19)20)18-10-5-4-7-16(18)15-27-17-8-2-1-3-9-17/h1-5,7-10H,6,11-15H2,(H,22,26). The Labute approximate surface area is 158 Å². The van der Waals surface area contributed by atoms with Crippen LogP contribution in [0.1, 0.15) is 34.0 Å². The fraction of sp³-hybridized carbons (Fsp3) is 0.286. The van der Waals surface area contributed by atoms with Gasteiger partial charge in [-0.2, -0.15) is 0 Å². The Kier molecular flexibility index (Phi) is 5.14. The first-order chi connectivity index (χ1) is 13.3. The Morgan fingerprint density at radius 2 is 1.89 bits per heavy atom. The van der Waals surface area contributed by atoms with E-state index in [1.807, 2.05) is 54.6 Å². The molecule has 3 aromatic rings. The summed E-state index contributed by atoms with van der Waals surface area (Å²) in [6.07, 6.45) is 2.80. The molecule has 0 atom stereocenters. The molecule has 6 nitrogen and oxygen atoms in total. The molecule has 138 valence electrons. The second-order valence-corrected chi connectivity index (χ2v) is 6.55. The monoisotopic (exact) mass is 362 g/mol. The van der Waals surface area contributed by atoms with Crippen molar-refractivity contribution in [3.05, 3.63) is 77.4 Å². The number of amides is 1. The molecule has 0 aliphatic carbocycles. The Morgan fingerprint density at radius 3 is 2.78 bits per heavy atom. The van der Waals surface area contributed by atoms with Crippen LogP contribution in [0.15, 0.2) is 54.6 Å². The van der Waals surface area contributed by atoms with E-state index < -0.39 is 0 Å². The minimum atomic E-state index is -0.0941. The van der Waals surface area contributed by atoms with Gasteiger partial charge in [0.1, 0.15) is 24.0 Å². The number of para-hydroxylation sites is 1. The number of aryl methyl sites for hydroxylation is 1. The average Bonchev–Trinajstić information content (AvgIpc) is 3.32. The maximum absolute atomic E-state index is 12.6. The molecule has 0 spiro atoms. The van der Waals surface area contributed by atoms with Gasteiger partial charge in [-0.15, -0.1) is 10.2 Å². The molecule has 0 saturated heterocycles. The van der Waals surface area contributed by atoms with Crippen molar-refractivity contribution in [2.75, 3.05) is 6.54 Å². The fourth-order valence-corrected chi connectivity index (χ4v) is 3.32. The van der Waals surface area contributed by atoms with Crippen LogP contribution in [0.25, 0.3) is 0 Å². The van der Waals surface area contributed by atoms with E-state index in [2.05, 4.69) is 20.1 Å². The summed E-state index contributed by atoms with van der Waals surface area (Å²) in [5, 5.41) is 11.4. The summed E-state index contributed by atoms with van der Waals surface area (Å²) in [7, 11) is 0. The highest BCUT2D eigenvalue weighted by Crippen LogP contribution is 2.16. The van der Waals surface area contributed by atoms with Crippen LogP contribution >= 0.6 is 0 Å². The highest BCUT2D eigenvalue weighted by atomic mass is 16.5. The van der Waals surface area contributed by atoms with Crippen LogP contribution in [-0.4, -0.2) is 27.2 Å². The number of ether oxygens (including phenoxy) is 1. The van der Waals surface area contributed by atoms with E-state index in [0.717, 1.165) is 42.3 Å². The molecular formula is C21H22N4O2. The Bertz CT molecular complexity index is 921. The number of hydrogen-bond acceptors (Lipinski definition) is 4. The van der Waals surface area contributed by atoms with Gasteiger partial charge in [-0.05, 0) is 24.6 Å². The predicted octanol–water partition coefficient (Wildman–Crippen LogP) is 2.78. The van der Waals surface area contributed by atoms with Gasteiger partial charge in [-0.1, -0.05) is 36.4 Å². The lowest BCUT2D eigenvalue weighted by molar-refractivity contribution is 0.0951. The van der Waals surface area contributed by atoms with Gasteiger partial charge in [0.2, 0.25) is 0 Å². The van der Waals surface area contributed by atoms with Gasteiger partial charge in [-0.3, -0.25) is 4.79 Å². The van der Waals surface area contributed by atoms with Crippen LogP contribution < -0.4 is 10.1 Å². The zero-order valence-electron chi connectivity index (χ0n) is 15.1. The van der Waals surface area contributed by atoms with Crippen molar-refractivity contribution in [1.82, 2.24) is 20.1 Å². The molecule has 1 N–H and O–H groups in total. The summed E-state index contributed by atoms with van der Waals surface area (Å²) < 4.78 is 7.96. The molecule has 0 saturated carbocycles. The summed E-state index contributed by atoms with van der Waals surface area (Å²) in [4.78, 5) is 12.6. The van der Waals surface area contributed by atoms with Gasteiger partial charge in [0.05, 0.1) is 0 Å². The SMILES string of the molecule is O=C(NCCc1nnc2n1CCC2)c1ccccc1COc1ccccc1. The summed E-state index contributed by atoms with van der Waals surface area (Å²) in [5.41, 5.74) is 1.50. The van der Waals surface area contributed by atoms with Crippen molar-refractivity contribution in [3.8, 4) is 5.75 Å². The van der Waals surface area contributed by atoms with Crippen LogP contribution in [0.3, 0.4) is 0 Å². The fourth-order valence-electron chi connectivity index (χ4n) is 3.32. The lowest BCUT2D eigenvalue weighted by Gasteiger charge is -2.11. The van der Waals surface area contributed by atoms with Crippen molar-refractivity contribution in [2.45, 2.75) is 32.4 Å². The highest BCUT2D eigenvalue weighted by Gasteiger charge is 2.17. The van der Waals surface area contributed by atoms with Crippen LogP contribution in [0.2, 0.25) is 0 Å². The van der Waals surface area contributed by atoms with E-state index in [4.69, 9.17) is 4.74 Å². The van der Waals surface area contributed by atoms with Gasteiger partial charge in [0.15, 0.2) is 0 Å². The summed E-state index contributed by atoms with van der Waals surface area (Å²) in [5.74, 6) is 2.69. The first-order valence-corrected chi connectivity index (χ1v) is 9.26. The Hall–Kier alpha value is -3.15.